The van der Waals surface area contributed by atoms with Gasteiger partial charge in [0, 0.05) is 29.9 Å². The fourth-order valence-corrected chi connectivity index (χ4v) is 5.02. The Morgan fingerprint density at radius 1 is 1.19 bits per heavy atom. The van der Waals surface area contributed by atoms with Crippen molar-refractivity contribution in [2.24, 2.45) is 9.98 Å². The third kappa shape index (κ3) is 4.25. The molecular formula is C26H27ClF2N6O2. The van der Waals surface area contributed by atoms with Crippen LogP contribution in [0.25, 0.3) is 0 Å². The minimum absolute atomic E-state index is 0.0532. The summed E-state index contributed by atoms with van der Waals surface area (Å²) in [5.74, 6) is -1.24. The van der Waals surface area contributed by atoms with E-state index in [-0.39, 0.29) is 35.2 Å². The lowest BCUT2D eigenvalue weighted by Crippen LogP contribution is -2.57. The molecule has 0 spiro atoms. The lowest BCUT2D eigenvalue weighted by molar-refractivity contribution is -0.129. The molecule has 3 aliphatic heterocycles. The smallest absolute Gasteiger partial charge is 0.255 e. The van der Waals surface area contributed by atoms with Crippen LogP contribution < -0.4 is 0 Å². The third-order valence-electron chi connectivity index (χ3n) is 7.33. The lowest BCUT2D eigenvalue weighted by atomic mass is 9.96. The molecule has 4 atom stereocenters. The quantitative estimate of drug-likeness (QED) is 0.558. The van der Waals surface area contributed by atoms with Crippen molar-refractivity contribution in [2.45, 2.75) is 62.8 Å². The second kappa shape index (κ2) is 8.73. The number of hydrogen-bond donors (Lipinski definition) is 0. The van der Waals surface area contributed by atoms with Gasteiger partial charge in [-0.3, -0.25) is 19.4 Å². The van der Waals surface area contributed by atoms with Crippen molar-refractivity contribution in [1.29, 1.82) is 0 Å². The van der Waals surface area contributed by atoms with Gasteiger partial charge < -0.3 is 9.64 Å². The van der Waals surface area contributed by atoms with E-state index in [1.165, 1.54) is 11.0 Å². The van der Waals surface area contributed by atoms with E-state index in [1.807, 2.05) is 28.9 Å². The molecule has 2 unspecified atom stereocenters. The molecule has 1 aromatic carbocycles. The van der Waals surface area contributed by atoms with Crippen molar-refractivity contribution in [1.82, 2.24) is 19.6 Å². The first-order chi connectivity index (χ1) is 17.6. The number of alkyl halides is 1. The van der Waals surface area contributed by atoms with Gasteiger partial charge in [0.2, 0.25) is 0 Å². The maximum Gasteiger partial charge on any atom is 0.255 e. The first-order valence-corrected chi connectivity index (χ1v) is 12.8. The second-order valence-electron chi connectivity index (χ2n) is 10.3. The molecule has 2 aromatic rings. The highest BCUT2D eigenvalue weighted by Crippen LogP contribution is 2.37. The topological polar surface area (TPSA) is 75.3 Å². The summed E-state index contributed by atoms with van der Waals surface area (Å²) in [6, 6.07) is 3.15. The van der Waals surface area contributed by atoms with Crippen LogP contribution in [0.3, 0.4) is 0 Å². The average molecular weight is 529 g/mol. The van der Waals surface area contributed by atoms with Gasteiger partial charge in [0.15, 0.2) is 5.84 Å². The summed E-state index contributed by atoms with van der Waals surface area (Å²) in [7, 11) is 0. The van der Waals surface area contributed by atoms with Gasteiger partial charge in [-0.05, 0) is 45.7 Å². The van der Waals surface area contributed by atoms with Crippen LogP contribution in [0, 0.1) is 11.6 Å². The van der Waals surface area contributed by atoms with Gasteiger partial charge in [-0.2, -0.15) is 5.10 Å². The molecule has 1 aromatic heterocycles. The molecule has 6 rings (SSSR count). The Bertz CT molecular complexity index is 1360. The summed E-state index contributed by atoms with van der Waals surface area (Å²) in [5, 5.41) is 4.49. The van der Waals surface area contributed by atoms with Gasteiger partial charge in [0.05, 0.1) is 37.1 Å². The molecule has 2 fully saturated rings. The predicted molar refractivity (Wildman–Crippen MR) is 134 cm³/mol. The number of amidine groups is 1. The highest BCUT2D eigenvalue weighted by Gasteiger charge is 2.48. The van der Waals surface area contributed by atoms with Crippen LogP contribution >= 0.6 is 11.6 Å². The van der Waals surface area contributed by atoms with Crippen LogP contribution in [-0.2, 0) is 9.53 Å². The molecule has 1 aliphatic carbocycles. The van der Waals surface area contributed by atoms with Gasteiger partial charge in [0.1, 0.15) is 34.1 Å². The van der Waals surface area contributed by atoms with Gasteiger partial charge in [-0.25, -0.2) is 13.8 Å². The molecule has 0 bridgehead atoms. The predicted octanol–water partition coefficient (Wildman–Crippen LogP) is 4.19. The largest absolute Gasteiger partial charge is 0.367 e. The van der Waals surface area contributed by atoms with Crippen LogP contribution in [-0.4, -0.2) is 67.1 Å². The number of benzene rings is 1. The number of carbonyl (C=O) groups is 1. The number of halogens is 3. The molecule has 1 saturated heterocycles. The van der Waals surface area contributed by atoms with Crippen molar-refractivity contribution < 1.29 is 18.3 Å². The van der Waals surface area contributed by atoms with Crippen LogP contribution in [0.15, 0.2) is 52.6 Å². The summed E-state index contributed by atoms with van der Waals surface area (Å²) >= 11 is 6.60. The van der Waals surface area contributed by atoms with E-state index < -0.39 is 22.6 Å². The summed E-state index contributed by atoms with van der Waals surface area (Å²) in [5.41, 5.74) is 1.17. The Balaban J connectivity index is 1.40. The number of rotatable bonds is 4. The normalized spacial score (nSPS) is 30.1. The van der Waals surface area contributed by atoms with E-state index in [0.29, 0.717) is 25.0 Å². The minimum atomic E-state index is -1.28. The first-order valence-electron chi connectivity index (χ1n) is 12.4. The number of aromatic nitrogens is 2. The van der Waals surface area contributed by atoms with Crippen LogP contribution in [0.4, 0.5) is 8.78 Å². The Hall–Kier alpha value is -3.11. The van der Waals surface area contributed by atoms with Crippen LogP contribution in [0.2, 0.25) is 0 Å². The van der Waals surface area contributed by atoms with E-state index in [4.69, 9.17) is 21.3 Å². The fourth-order valence-electron chi connectivity index (χ4n) is 4.88. The minimum Gasteiger partial charge on any atom is -0.367 e. The molecule has 4 heterocycles. The van der Waals surface area contributed by atoms with Crippen LogP contribution in [0.1, 0.15) is 56.9 Å². The highest BCUT2D eigenvalue weighted by molar-refractivity contribution is 6.52. The molecule has 37 heavy (non-hydrogen) atoms. The zero-order valence-corrected chi connectivity index (χ0v) is 21.5. The molecule has 1 saturated carbocycles. The summed E-state index contributed by atoms with van der Waals surface area (Å²) in [6.07, 6.45) is 7.31. The highest BCUT2D eigenvalue weighted by atomic mass is 35.5. The Morgan fingerprint density at radius 3 is 2.70 bits per heavy atom. The zero-order chi connectivity index (χ0) is 26.1. The standard InChI is InChI=1S/C26H27ClF2N6O2/c1-14-10-33(12-21(37-14)16-9-30-35(11-16)18-5-6-18)22-13-34-24(31-15(2)26(3,27)25(34)36)23(32-22)19-7-4-17(28)8-20(19)29/h4,7-9,11,13-15,18,21H,5-6,10,12H2,1-3H3/t14-,15?,21-,26?/m0/s1. The van der Waals surface area contributed by atoms with E-state index in [2.05, 4.69) is 10.1 Å². The Labute approximate surface area is 218 Å². The fraction of sp³-hybridized carbons (Fsp3) is 0.462. The third-order valence-corrected chi connectivity index (χ3v) is 7.81. The first kappa shape index (κ1) is 24.2. The zero-order valence-electron chi connectivity index (χ0n) is 20.7. The van der Waals surface area contributed by atoms with Crippen molar-refractivity contribution >= 4 is 29.1 Å². The van der Waals surface area contributed by atoms with E-state index in [9.17, 15) is 13.6 Å². The number of fused-ring (bicyclic) bond motifs is 1. The lowest BCUT2D eigenvalue weighted by Gasteiger charge is -2.42. The molecule has 4 aliphatic rings. The number of morpholine rings is 1. The van der Waals surface area contributed by atoms with Crippen molar-refractivity contribution in [3.05, 3.63) is 65.4 Å². The summed E-state index contributed by atoms with van der Waals surface area (Å²) in [4.78, 5) is 24.9. The number of aliphatic imine (C=N–C) groups is 2. The van der Waals surface area contributed by atoms with Gasteiger partial charge >= 0.3 is 0 Å². The number of ether oxygens (including phenoxy) is 1. The summed E-state index contributed by atoms with van der Waals surface area (Å²) in [6.45, 7) is 6.27. The molecule has 1 amide bonds. The average Bonchev–Trinajstić information content (AvgIpc) is 3.58. The second-order valence-corrected chi connectivity index (χ2v) is 11.1. The van der Waals surface area contributed by atoms with Crippen LogP contribution in [0.5, 0.6) is 0 Å². The maximum absolute atomic E-state index is 15.0. The van der Waals surface area contributed by atoms with Gasteiger partial charge in [-0.15, -0.1) is 11.6 Å². The molecule has 194 valence electrons. The molecular weight excluding hydrogens is 502 g/mol. The van der Waals surface area contributed by atoms with Crippen molar-refractivity contribution in [2.75, 3.05) is 13.1 Å². The monoisotopic (exact) mass is 528 g/mol. The molecule has 8 nitrogen and oxygen atoms in total. The molecule has 11 heteroatoms. The summed E-state index contributed by atoms with van der Waals surface area (Å²) < 4.78 is 36.9. The number of amides is 1. The van der Waals surface area contributed by atoms with Crippen molar-refractivity contribution in [3.63, 3.8) is 0 Å². The van der Waals surface area contributed by atoms with E-state index >= 15 is 0 Å². The Morgan fingerprint density at radius 2 is 1.97 bits per heavy atom. The van der Waals surface area contributed by atoms with Gasteiger partial charge in [0.25, 0.3) is 5.91 Å². The Kier molecular flexibility index (Phi) is 5.72. The van der Waals surface area contributed by atoms with E-state index in [0.717, 1.165) is 30.5 Å². The molecule has 0 radical (unpaired) electrons. The van der Waals surface area contributed by atoms with Crippen molar-refractivity contribution in [3.8, 4) is 0 Å². The number of carbonyl (C=O) groups excluding carboxylic acids is 1. The SMILES string of the molecule is CC1N=C2C(c3ccc(F)cc3F)=NC(N3C[C@@H](c4cnn(C5CC5)c4)O[C@@H](C)C3)=CN2C(=O)C1(C)Cl. The number of nitrogens with zero attached hydrogens (tertiary/aromatic N) is 6. The maximum atomic E-state index is 15.0. The van der Waals surface area contributed by atoms with Gasteiger partial charge in [-0.1, -0.05) is 0 Å². The van der Waals surface area contributed by atoms with E-state index in [1.54, 1.807) is 20.0 Å². The number of hydrogen-bond acceptors (Lipinski definition) is 6. The molecule has 0 N–H and O–H groups in total.